The second-order valence-corrected chi connectivity index (χ2v) is 7.84. The second-order valence-electron chi connectivity index (χ2n) is 6.84. The topological polar surface area (TPSA) is 94.0 Å². The van der Waals surface area contributed by atoms with Crippen molar-refractivity contribution in [2.24, 2.45) is 10.7 Å². The number of rotatable bonds is 3. The van der Waals surface area contributed by atoms with E-state index >= 15 is 4.39 Å². The number of thioether (sulfide) groups is 1. The highest BCUT2D eigenvalue weighted by Crippen LogP contribution is 2.50. The first-order valence-electron chi connectivity index (χ1n) is 8.67. The smallest absolute Gasteiger partial charge is 0.277 e. The van der Waals surface area contributed by atoms with Gasteiger partial charge in [-0.2, -0.15) is 0 Å². The summed E-state index contributed by atoms with van der Waals surface area (Å²) >= 11 is 1.02. The molecular formula is C19H14F3N5O2S. The lowest BCUT2D eigenvalue weighted by Gasteiger charge is -2.38. The van der Waals surface area contributed by atoms with Crippen molar-refractivity contribution < 1.29 is 22.7 Å². The Balaban J connectivity index is 1.70. The van der Waals surface area contributed by atoms with Crippen LogP contribution in [-0.4, -0.2) is 40.7 Å². The monoisotopic (exact) mass is 433 g/mol. The van der Waals surface area contributed by atoms with E-state index in [0.717, 1.165) is 30.1 Å². The molecule has 0 saturated carbocycles. The Bertz CT molecular complexity index is 1120. The fourth-order valence-corrected chi connectivity index (χ4v) is 4.38. The number of ether oxygens (including phenoxy) is 1. The van der Waals surface area contributed by atoms with Gasteiger partial charge in [-0.25, -0.2) is 23.0 Å². The first-order chi connectivity index (χ1) is 14.3. The maximum absolute atomic E-state index is 15.6. The Labute approximate surface area is 173 Å². The maximum Gasteiger partial charge on any atom is 0.277 e. The van der Waals surface area contributed by atoms with Gasteiger partial charge in [0.05, 0.1) is 19.8 Å². The standard InChI is InChI=1S/C19H14F3N5O2S/c1-24-11-5-14(21)15(25-6-11)16(28)26-10-2-3-13(20)12(4-10)19-8-29-7-18(19,22)9-30-17(23)27-19/h2-6H,7-9H2,(H2,23,27)(H,26,28)/t18-,19-/m1/s1. The molecule has 0 spiro atoms. The van der Waals surface area contributed by atoms with Crippen LogP contribution in [0.25, 0.3) is 4.85 Å². The predicted octanol–water partition coefficient (Wildman–Crippen LogP) is 3.16. The second kappa shape index (κ2) is 7.30. The maximum atomic E-state index is 15.6. The third-order valence-corrected chi connectivity index (χ3v) is 5.96. The van der Waals surface area contributed by atoms with Gasteiger partial charge in [0.1, 0.15) is 11.6 Å². The van der Waals surface area contributed by atoms with Crippen LogP contribution < -0.4 is 11.1 Å². The van der Waals surface area contributed by atoms with E-state index in [2.05, 4.69) is 20.1 Å². The number of aromatic nitrogens is 1. The van der Waals surface area contributed by atoms with E-state index in [4.69, 9.17) is 17.0 Å². The molecule has 30 heavy (non-hydrogen) atoms. The summed E-state index contributed by atoms with van der Waals surface area (Å²) in [7, 11) is 0. The van der Waals surface area contributed by atoms with Gasteiger partial charge in [-0.05, 0) is 24.3 Å². The van der Waals surface area contributed by atoms with Crippen molar-refractivity contribution in [3.05, 3.63) is 64.8 Å². The van der Waals surface area contributed by atoms with Crippen LogP contribution in [0.1, 0.15) is 16.1 Å². The SMILES string of the molecule is [C-]#[N+]c1cnc(C(=O)Nc2ccc(F)c([C@]34COC[C@@]3(F)CSC(N)=N4)c2)c(F)c1. The van der Waals surface area contributed by atoms with Gasteiger partial charge in [0.15, 0.2) is 22.1 Å². The van der Waals surface area contributed by atoms with Crippen LogP contribution in [0.3, 0.4) is 0 Å². The number of nitrogens with two attached hydrogens (primary N) is 1. The number of amidine groups is 1. The van der Waals surface area contributed by atoms with Crippen molar-refractivity contribution in [3.63, 3.8) is 0 Å². The van der Waals surface area contributed by atoms with Gasteiger partial charge >= 0.3 is 0 Å². The molecule has 1 aromatic carbocycles. The Morgan fingerprint density at radius 1 is 1.30 bits per heavy atom. The molecule has 1 amide bonds. The van der Waals surface area contributed by atoms with E-state index in [-0.39, 0.29) is 41.1 Å². The first-order valence-corrected chi connectivity index (χ1v) is 9.66. The number of halogens is 3. The number of alkyl halides is 1. The Hall–Kier alpha value is -3.10. The van der Waals surface area contributed by atoms with Gasteiger partial charge in [-0.15, -0.1) is 0 Å². The number of hydrogen-bond acceptors (Lipinski definition) is 6. The molecule has 3 N–H and O–H groups in total. The highest BCUT2D eigenvalue weighted by Gasteiger charge is 2.61. The van der Waals surface area contributed by atoms with Gasteiger partial charge in [-0.1, -0.05) is 11.8 Å². The summed E-state index contributed by atoms with van der Waals surface area (Å²) in [5, 5.41) is 2.52. The molecule has 154 valence electrons. The van der Waals surface area contributed by atoms with E-state index in [9.17, 15) is 13.6 Å². The Morgan fingerprint density at radius 2 is 2.10 bits per heavy atom. The number of aliphatic imine (C=N–C) groups is 1. The molecule has 1 fully saturated rings. The molecule has 0 radical (unpaired) electrons. The van der Waals surface area contributed by atoms with Crippen LogP contribution in [0.15, 0.2) is 35.5 Å². The molecule has 2 aliphatic heterocycles. The largest absolute Gasteiger partial charge is 0.379 e. The summed E-state index contributed by atoms with van der Waals surface area (Å²) in [6.45, 7) is 6.36. The summed E-state index contributed by atoms with van der Waals surface area (Å²) in [5.74, 6) is -2.68. The summed E-state index contributed by atoms with van der Waals surface area (Å²) in [6, 6.07) is 4.42. The van der Waals surface area contributed by atoms with Crippen molar-refractivity contribution >= 4 is 34.2 Å². The van der Waals surface area contributed by atoms with E-state index in [0.29, 0.717) is 0 Å². The zero-order valence-corrected chi connectivity index (χ0v) is 16.1. The molecule has 0 bridgehead atoms. The fourth-order valence-electron chi connectivity index (χ4n) is 3.46. The summed E-state index contributed by atoms with van der Waals surface area (Å²) in [6.07, 6.45) is 1.06. The van der Waals surface area contributed by atoms with Crippen LogP contribution >= 0.6 is 11.8 Å². The third-order valence-electron chi connectivity index (χ3n) is 4.97. The summed E-state index contributed by atoms with van der Waals surface area (Å²) in [4.78, 5) is 23.3. The lowest BCUT2D eigenvalue weighted by Crippen LogP contribution is -2.52. The molecule has 0 aliphatic carbocycles. The van der Waals surface area contributed by atoms with Gasteiger partial charge in [0.2, 0.25) is 5.69 Å². The minimum atomic E-state index is -1.98. The van der Waals surface area contributed by atoms with E-state index in [1.807, 2.05) is 0 Å². The lowest BCUT2D eigenvalue weighted by molar-refractivity contribution is 0.101. The molecule has 2 aromatic rings. The number of anilines is 1. The van der Waals surface area contributed by atoms with E-state index < -0.39 is 34.4 Å². The number of fused-ring (bicyclic) bond motifs is 1. The van der Waals surface area contributed by atoms with Gasteiger partial charge in [-0.3, -0.25) is 9.78 Å². The van der Waals surface area contributed by atoms with E-state index in [1.165, 1.54) is 12.1 Å². The predicted molar refractivity (Wildman–Crippen MR) is 105 cm³/mol. The van der Waals surface area contributed by atoms with Crippen molar-refractivity contribution in [2.75, 3.05) is 24.3 Å². The lowest BCUT2D eigenvalue weighted by atomic mass is 9.79. The molecule has 7 nitrogen and oxygen atoms in total. The number of pyridine rings is 1. The van der Waals surface area contributed by atoms with Crippen molar-refractivity contribution in [1.82, 2.24) is 4.98 Å². The number of nitrogens with one attached hydrogen (secondary N) is 1. The Kier molecular flexibility index (Phi) is 4.91. The molecule has 11 heteroatoms. The van der Waals surface area contributed by atoms with Crippen molar-refractivity contribution in [2.45, 2.75) is 11.2 Å². The molecule has 2 atom stereocenters. The zero-order chi connectivity index (χ0) is 21.5. The van der Waals surface area contributed by atoms with Gasteiger partial charge in [0, 0.05) is 23.2 Å². The number of nitrogens with zero attached hydrogens (tertiary/aromatic N) is 3. The van der Waals surface area contributed by atoms with Gasteiger partial charge in [0.25, 0.3) is 5.91 Å². The van der Waals surface area contributed by atoms with Crippen molar-refractivity contribution in [3.8, 4) is 0 Å². The Morgan fingerprint density at radius 3 is 2.83 bits per heavy atom. The van der Waals surface area contributed by atoms with Crippen LogP contribution in [-0.2, 0) is 10.3 Å². The number of carbonyl (C=O) groups is 1. The van der Waals surface area contributed by atoms with Crippen LogP contribution in [0.5, 0.6) is 0 Å². The molecule has 1 saturated heterocycles. The first kappa shape index (κ1) is 20.2. The number of carbonyl (C=O) groups excluding carboxylic acids is 1. The highest BCUT2D eigenvalue weighted by atomic mass is 32.2. The van der Waals surface area contributed by atoms with Gasteiger partial charge < -0.3 is 15.8 Å². The molecule has 2 aliphatic rings. The molecule has 0 unspecified atom stereocenters. The normalized spacial score (nSPS) is 25.2. The average molecular weight is 433 g/mol. The molecular weight excluding hydrogens is 419 g/mol. The number of benzene rings is 1. The number of hydrogen-bond donors (Lipinski definition) is 2. The summed E-state index contributed by atoms with van der Waals surface area (Å²) < 4.78 is 49.7. The van der Waals surface area contributed by atoms with Crippen LogP contribution in [0.4, 0.5) is 24.5 Å². The van der Waals surface area contributed by atoms with E-state index in [1.54, 1.807) is 0 Å². The highest BCUT2D eigenvalue weighted by molar-refractivity contribution is 8.13. The molecule has 4 rings (SSSR count). The fraction of sp³-hybridized carbons (Fsp3) is 0.263. The average Bonchev–Trinajstić information content (AvgIpc) is 3.06. The van der Waals surface area contributed by atoms with Crippen LogP contribution in [0.2, 0.25) is 0 Å². The number of amides is 1. The summed E-state index contributed by atoms with van der Waals surface area (Å²) in [5.41, 5.74) is 1.49. The van der Waals surface area contributed by atoms with Crippen LogP contribution in [0, 0.1) is 18.2 Å². The minimum absolute atomic E-state index is 0.0547. The molecule has 1 aromatic heterocycles. The quantitative estimate of drug-likeness (QED) is 0.726. The zero-order valence-electron chi connectivity index (χ0n) is 15.3. The molecule has 3 heterocycles. The minimum Gasteiger partial charge on any atom is -0.379 e. The van der Waals surface area contributed by atoms with Crippen molar-refractivity contribution in [1.29, 1.82) is 0 Å². The third kappa shape index (κ3) is 3.18.